The van der Waals surface area contributed by atoms with Crippen molar-refractivity contribution >= 4 is 81.7 Å². The molecule has 4 nitrogen and oxygen atoms in total. The summed E-state index contributed by atoms with van der Waals surface area (Å²) in [7, 11) is 0. The Morgan fingerprint density at radius 3 is 1.91 bits per heavy atom. The molecule has 0 bridgehead atoms. The van der Waals surface area contributed by atoms with Crippen molar-refractivity contribution in [2.75, 3.05) is 0 Å². The van der Waals surface area contributed by atoms with Gasteiger partial charge in [0, 0.05) is 37.9 Å². The number of nitrogens with zero attached hydrogens (tertiary/aromatic N) is 4. The molecule has 0 fully saturated rings. The van der Waals surface area contributed by atoms with Gasteiger partial charge in [0.2, 0.25) is 0 Å². The first-order chi connectivity index (χ1) is 27.0. The summed E-state index contributed by atoms with van der Waals surface area (Å²) in [5, 5.41) is 10.0. The second-order valence-corrected chi connectivity index (χ2v) is 15.8. The van der Waals surface area contributed by atoms with Crippen LogP contribution >= 0.6 is 0 Å². The first kappa shape index (κ1) is 29.4. The molecular weight excluding hydrogens is 669 g/mol. The number of benzene rings is 8. The SMILES string of the molecule is CC1(C)c2cc(-c3nc4ccccc4nc3-n3c4cccc5c6cccc7c8ccccc8n(c8cccc3c8c54)c67)ccc2-c2cc3ccccc3cc21. The van der Waals surface area contributed by atoms with Crippen molar-refractivity contribution in [3.63, 3.8) is 0 Å². The van der Waals surface area contributed by atoms with Crippen molar-refractivity contribution in [1.29, 1.82) is 0 Å². The lowest BCUT2D eigenvalue weighted by Gasteiger charge is -2.22. The van der Waals surface area contributed by atoms with Crippen molar-refractivity contribution in [3.8, 4) is 28.2 Å². The Morgan fingerprint density at radius 1 is 0.455 bits per heavy atom. The summed E-state index contributed by atoms with van der Waals surface area (Å²) in [6, 6.07) is 57.8. The molecule has 0 spiro atoms. The van der Waals surface area contributed by atoms with Gasteiger partial charge >= 0.3 is 0 Å². The number of para-hydroxylation sites is 4. The molecule has 1 aliphatic rings. The van der Waals surface area contributed by atoms with Crippen LogP contribution in [0.5, 0.6) is 0 Å². The van der Waals surface area contributed by atoms with Crippen LogP contribution in [-0.2, 0) is 5.41 Å². The highest BCUT2D eigenvalue weighted by Gasteiger charge is 2.36. The molecule has 0 unspecified atom stereocenters. The van der Waals surface area contributed by atoms with Gasteiger partial charge in [0.1, 0.15) is 5.69 Å². The Balaban J connectivity index is 1.15. The van der Waals surface area contributed by atoms with Crippen LogP contribution in [-0.4, -0.2) is 18.9 Å². The first-order valence-electron chi connectivity index (χ1n) is 19.1. The molecule has 0 saturated heterocycles. The molecule has 1 aliphatic carbocycles. The fourth-order valence-corrected chi connectivity index (χ4v) is 10.1. The Kier molecular flexibility index (Phi) is 5.42. The van der Waals surface area contributed by atoms with E-state index in [4.69, 9.17) is 9.97 Å². The lowest BCUT2D eigenvalue weighted by Crippen LogP contribution is -2.15. The molecule has 4 heteroatoms. The van der Waals surface area contributed by atoms with E-state index in [9.17, 15) is 0 Å². The zero-order chi connectivity index (χ0) is 36.2. The number of hydrogen-bond donors (Lipinski definition) is 0. The first-order valence-corrected chi connectivity index (χ1v) is 19.1. The smallest absolute Gasteiger partial charge is 0.165 e. The monoisotopic (exact) mass is 700 g/mol. The molecule has 12 aromatic rings. The van der Waals surface area contributed by atoms with Gasteiger partial charge in [-0.05, 0) is 93.0 Å². The van der Waals surface area contributed by atoms with Gasteiger partial charge in [-0.25, -0.2) is 9.97 Å². The van der Waals surface area contributed by atoms with Gasteiger partial charge < -0.3 is 4.40 Å². The van der Waals surface area contributed by atoms with E-state index in [1.807, 2.05) is 0 Å². The Bertz CT molecular complexity index is 3640. The Hall–Kier alpha value is -7.04. The zero-order valence-corrected chi connectivity index (χ0v) is 30.3. The van der Waals surface area contributed by atoms with Gasteiger partial charge in [0.05, 0.1) is 38.6 Å². The summed E-state index contributed by atoms with van der Waals surface area (Å²) in [6.07, 6.45) is 0. The molecule has 0 radical (unpaired) electrons. The highest BCUT2D eigenvalue weighted by molar-refractivity contribution is 6.31. The third-order valence-corrected chi connectivity index (χ3v) is 12.6. The summed E-state index contributed by atoms with van der Waals surface area (Å²) in [4.78, 5) is 11.0. The number of aromatic nitrogens is 4. The lowest BCUT2D eigenvalue weighted by molar-refractivity contribution is 0.661. The molecule has 0 aliphatic heterocycles. The van der Waals surface area contributed by atoms with E-state index >= 15 is 0 Å². The van der Waals surface area contributed by atoms with Crippen molar-refractivity contribution in [2.45, 2.75) is 19.3 Å². The van der Waals surface area contributed by atoms with Gasteiger partial charge in [-0.2, -0.15) is 0 Å². The molecule has 0 N–H and O–H groups in total. The van der Waals surface area contributed by atoms with Crippen molar-refractivity contribution in [2.24, 2.45) is 0 Å². The van der Waals surface area contributed by atoms with Gasteiger partial charge in [-0.3, -0.25) is 4.57 Å². The minimum atomic E-state index is -0.180. The molecule has 4 heterocycles. The molecule has 13 rings (SSSR count). The number of hydrogen-bond acceptors (Lipinski definition) is 2. The normalized spacial score (nSPS) is 13.8. The van der Waals surface area contributed by atoms with Crippen LogP contribution in [0.3, 0.4) is 0 Å². The topological polar surface area (TPSA) is 35.1 Å². The third-order valence-electron chi connectivity index (χ3n) is 12.6. The third kappa shape index (κ3) is 3.66. The second-order valence-electron chi connectivity index (χ2n) is 15.8. The Labute approximate surface area is 315 Å². The van der Waals surface area contributed by atoms with Crippen LogP contribution in [0.2, 0.25) is 0 Å². The predicted molar refractivity (Wildman–Crippen MR) is 229 cm³/mol. The van der Waals surface area contributed by atoms with E-state index < -0.39 is 0 Å². The highest BCUT2D eigenvalue weighted by atomic mass is 15.1. The van der Waals surface area contributed by atoms with Crippen LogP contribution in [0.1, 0.15) is 25.0 Å². The predicted octanol–water partition coefficient (Wildman–Crippen LogP) is 13.0. The highest BCUT2D eigenvalue weighted by Crippen LogP contribution is 2.51. The van der Waals surface area contributed by atoms with E-state index in [1.165, 1.54) is 81.9 Å². The van der Waals surface area contributed by atoms with Gasteiger partial charge in [0.25, 0.3) is 0 Å². The summed E-state index contributed by atoms with van der Waals surface area (Å²) < 4.78 is 4.87. The molecule has 0 amide bonds. The maximum Gasteiger partial charge on any atom is 0.165 e. The molecule has 0 atom stereocenters. The van der Waals surface area contributed by atoms with Crippen LogP contribution in [0.25, 0.3) is 110 Å². The molecule has 0 saturated carbocycles. The van der Waals surface area contributed by atoms with E-state index in [-0.39, 0.29) is 5.41 Å². The average Bonchev–Trinajstić information content (AvgIpc) is 3.79. The van der Waals surface area contributed by atoms with E-state index in [1.54, 1.807) is 0 Å². The van der Waals surface area contributed by atoms with E-state index in [2.05, 4.69) is 181 Å². The lowest BCUT2D eigenvalue weighted by atomic mass is 9.81. The van der Waals surface area contributed by atoms with Crippen LogP contribution in [0.4, 0.5) is 0 Å². The largest absolute Gasteiger partial charge is 0.308 e. The van der Waals surface area contributed by atoms with Crippen LogP contribution in [0, 0.1) is 0 Å². The standard InChI is InChI=1S/C51H32N4/c1-51(2)38-28-31(24-25-32(38)37-26-29-12-3-4-13-30(29)27-39(37)51)48-50(53-41-19-7-6-18-40(41)52-48)55-43-21-10-15-34-36-17-9-16-35-33-14-5-8-20-42(33)54(49(35)36)44-22-11-23-45(55)47(44)46(34)43/h3-28H,1-2H3. The van der Waals surface area contributed by atoms with E-state index in [0.717, 1.165) is 39.1 Å². The Morgan fingerprint density at radius 2 is 1.05 bits per heavy atom. The van der Waals surface area contributed by atoms with E-state index in [0.29, 0.717) is 0 Å². The van der Waals surface area contributed by atoms with Crippen LogP contribution < -0.4 is 0 Å². The van der Waals surface area contributed by atoms with Crippen molar-refractivity contribution in [3.05, 3.63) is 169 Å². The van der Waals surface area contributed by atoms with Gasteiger partial charge in [-0.15, -0.1) is 0 Å². The van der Waals surface area contributed by atoms with Gasteiger partial charge in [0.15, 0.2) is 5.82 Å². The average molecular weight is 701 g/mol. The fourth-order valence-electron chi connectivity index (χ4n) is 10.1. The molecular formula is C51H32N4. The zero-order valence-electron chi connectivity index (χ0n) is 30.3. The summed E-state index contributed by atoms with van der Waals surface area (Å²) >= 11 is 0. The minimum Gasteiger partial charge on any atom is -0.308 e. The van der Waals surface area contributed by atoms with Crippen LogP contribution in [0.15, 0.2) is 158 Å². The maximum absolute atomic E-state index is 5.52. The van der Waals surface area contributed by atoms with Crippen molar-refractivity contribution in [1.82, 2.24) is 18.9 Å². The molecule has 55 heavy (non-hydrogen) atoms. The number of fused-ring (bicyclic) bond motifs is 10. The van der Waals surface area contributed by atoms with Gasteiger partial charge in [-0.1, -0.05) is 117 Å². The quantitative estimate of drug-likeness (QED) is 0.180. The summed E-state index contributed by atoms with van der Waals surface area (Å²) in [5.41, 5.74) is 14.7. The maximum atomic E-state index is 5.52. The van der Waals surface area contributed by atoms with Crippen molar-refractivity contribution < 1.29 is 0 Å². The molecule has 8 aromatic carbocycles. The molecule has 4 aromatic heterocycles. The summed E-state index contributed by atoms with van der Waals surface area (Å²) in [5.74, 6) is 0.836. The summed E-state index contributed by atoms with van der Waals surface area (Å²) in [6.45, 7) is 4.72. The minimum absolute atomic E-state index is 0.180. The molecule has 256 valence electrons. The second kappa shape index (κ2) is 10.1. The number of rotatable bonds is 2. The fraction of sp³-hybridized carbons (Fsp3) is 0.0588.